The lowest BCUT2D eigenvalue weighted by atomic mass is 10.1. The Morgan fingerprint density at radius 2 is 1.93 bits per heavy atom. The summed E-state index contributed by atoms with van der Waals surface area (Å²) in [7, 11) is 0. The molecule has 4 rings (SSSR count). The van der Waals surface area contributed by atoms with Gasteiger partial charge in [0, 0.05) is 17.3 Å². The largest absolute Gasteiger partial charge is 0.319 e. The van der Waals surface area contributed by atoms with Crippen LogP contribution in [0.1, 0.15) is 24.0 Å². The number of hydrogen-bond donors (Lipinski definition) is 1. The molecule has 30 heavy (non-hydrogen) atoms. The maximum atomic E-state index is 13.0. The summed E-state index contributed by atoms with van der Waals surface area (Å²) in [5.41, 5.74) is 4.14. The van der Waals surface area contributed by atoms with Crippen LogP contribution in [0.2, 0.25) is 0 Å². The van der Waals surface area contributed by atoms with Crippen molar-refractivity contribution in [1.82, 2.24) is 14.8 Å². The van der Waals surface area contributed by atoms with Crippen LogP contribution in [-0.2, 0) is 9.59 Å². The van der Waals surface area contributed by atoms with Crippen LogP contribution in [0.5, 0.6) is 0 Å². The van der Waals surface area contributed by atoms with E-state index in [2.05, 4.69) is 36.4 Å². The fraction of sp³-hybridized carbons (Fsp3) is 0.190. The van der Waals surface area contributed by atoms with E-state index in [1.807, 2.05) is 44.2 Å². The fourth-order valence-corrected chi connectivity index (χ4v) is 3.55. The molecule has 1 aliphatic heterocycles. The molecule has 9 heteroatoms. The van der Waals surface area contributed by atoms with Gasteiger partial charge in [0.2, 0.25) is 5.91 Å². The third-order valence-electron chi connectivity index (χ3n) is 4.76. The highest BCUT2D eigenvalue weighted by Crippen LogP contribution is 2.27. The number of halogens is 1. The Morgan fingerprint density at radius 3 is 2.70 bits per heavy atom. The molecule has 0 aliphatic carbocycles. The Morgan fingerprint density at radius 1 is 1.10 bits per heavy atom. The van der Waals surface area contributed by atoms with Crippen molar-refractivity contribution in [3.8, 4) is 5.69 Å². The maximum absolute atomic E-state index is 13.0. The Hall–Kier alpha value is -3.33. The Bertz CT molecular complexity index is 1160. The van der Waals surface area contributed by atoms with Crippen molar-refractivity contribution in [1.29, 1.82) is 0 Å². The van der Waals surface area contributed by atoms with Gasteiger partial charge in [-0.25, -0.2) is 14.7 Å². The molecular weight excluding hydrogens is 448 g/mol. The first-order valence-electron chi connectivity index (χ1n) is 9.36. The first kappa shape index (κ1) is 20.0. The second-order valence-electron chi connectivity index (χ2n) is 7.00. The number of amides is 2. The summed E-state index contributed by atoms with van der Waals surface area (Å²) in [5, 5.41) is 12.7. The summed E-state index contributed by atoms with van der Waals surface area (Å²) >= 11 is 3.43. The van der Waals surface area contributed by atoms with Crippen LogP contribution in [0.25, 0.3) is 5.69 Å². The number of rotatable bonds is 4. The highest BCUT2D eigenvalue weighted by Gasteiger charge is 2.27. The number of hydrogen-bond acceptors (Lipinski definition) is 5. The molecule has 0 bridgehead atoms. The molecule has 3 aromatic rings. The summed E-state index contributed by atoms with van der Waals surface area (Å²) in [4.78, 5) is 29.5. The Balaban J connectivity index is 1.65. The van der Waals surface area contributed by atoms with Crippen molar-refractivity contribution in [3.05, 3.63) is 64.7 Å². The number of hydrazone groups is 1. The molecule has 0 radical (unpaired) electrons. The minimum atomic E-state index is -0.364. The van der Waals surface area contributed by atoms with Crippen LogP contribution in [0.3, 0.4) is 0 Å². The number of nitrogens with zero attached hydrogens (tertiary/aromatic N) is 5. The zero-order valence-corrected chi connectivity index (χ0v) is 18.0. The van der Waals surface area contributed by atoms with Gasteiger partial charge in [0.25, 0.3) is 5.91 Å². The fourth-order valence-electron chi connectivity index (χ4n) is 3.19. The van der Waals surface area contributed by atoms with Crippen LogP contribution < -0.4 is 10.3 Å². The van der Waals surface area contributed by atoms with E-state index in [1.165, 1.54) is 11.3 Å². The monoisotopic (exact) mass is 466 g/mol. The molecule has 0 unspecified atom stereocenters. The predicted octanol–water partition coefficient (Wildman–Crippen LogP) is 3.77. The summed E-state index contributed by atoms with van der Waals surface area (Å²) in [6, 6.07) is 11.3. The molecule has 0 saturated carbocycles. The van der Waals surface area contributed by atoms with Crippen LogP contribution in [0.15, 0.2) is 58.6 Å². The molecule has 0 saturated heterocycles. The van der Waals surface area contributed by atoms with Gasteiger partial charge in [0.05, 0.1) is 17.1 Å². The number of carbonyl (C=O) groups is 2. The average molecular weight is 467 g/mol. The topological polar surface area (TPSA) is 92.5 Å². The van der Waals surface area contributed by atoms with Crippen molar-refractivity contribution >= 4 is 44.8 Å². The molecule has 1 aliphatic rings. The standard InChI is InChI=1S/C21H19BrN6O2/c1-13-3-4-14(2)19(9-13)28-20(29)8-6-16(26-28)21(30)25-17-10-15(22)5-7-18(17)27-12-23-11-24-27/h3-5,7,9-12H,6,8H2,1-2H3,(H,25,30). The molecular formula is C21H19BrN6O2. The lowest BCUT2D eigenvalue weighted by Crippen LogP contribution is -2.36. The average Bonchev–Trinajstić information content (AvgIpc) is 3.25. The van der Waals surface area contributed by atoms with E-state index in [1.54, 1.807) is 17.1 Å². The van der Waals surface area contributed by atoms with Gasteiger partial charge >= 0.3 is 0 Å². The molecule has 0 atom stereocenters. The first-order valence-corrected chi connectivity index (χ1v) is 10.2. The normalized spacial score (nSPS) is 13.9. The third kappa shape index (κ3) is 4.02. The van der Waals surface area contributed by atoms with Gasteiger partial charge in [0.15, 0.2) is 0 Å². The van der Waals surface area contributed by atoms with Gasteiger partial charge in [-0.1, -0.05) is 28.1 Å². The van der Waals surface area contributed by atoms with Crippen molar-refractivity contribution in [2.24, 2.45) is 5.10 Å². The summed E-state index contributed by atoms with van der Waals surface area (Å²) in [6.45, 7) is 3.87. The summed E-state index contributed by atoms with van der Waals surface area (Å²) < 4.78 is 2.37. The number of anilines is 2. The highest BCUT2D eigenvalue weighted by atomic mass is 79.9. The molecule has 152 valence electrons. The third-order valence-corrected chi connectivity index (χ3v) is 5.25. The first-order chi connectivity index (χ1) is 14.4. The van der Waals surface area contributed by atoms with E-state index < -0.39 is 0 Å². The van der Waals surface area contributed by atoms with Crippen LogP contribution in [0, 0.1) is 13.8 Å². The number of nitrogens with one attached hydrogen (secondary N) is 1. The van der Waals surface area contributed by atoms with Crippen molar-refractivity contribution in [3.63, 3.8) is 0 Å². The molecule has 0 spiro atoms. The summed E-state index contributed by atoms with van der Waals surface area (Å²) in [5.74, 6) is -0.497. The van der Waals surface area contributed by atoms with Gasteiger partial charge in [-0.15, -0.1) is 0 Å². The SMILES string of the molecule is Cc1ccc(C)c(N2N=C(C(=O)Nc3cc(Br)ccc3-n3cncn3)CCC2=O)c1. The molecule has 2 aromatic carbocycles. The molecule has 2 heterocycles. The molecule has 0 fully saturated rings. The molecule has 1 aromatic heterocycles. The van der Waals surface area contributed by atoms with Crippen LogP contribution in [0.4, 0.5) is 11.4 Å². The second kappa shape index (κ2) is 8.19. The minimum Gasteiger partial charge on any atom is -0.319 e. The van der Waals surface area contributed by atoms with Crippen LogP contribution in [-0.4, -0.2) is 32.3 Å². The maximum Gasteiger partial charge on any atom is 0.271 e. The van der Waals surface area contributed by atoms with Crippen molar-refractivity contribution in [2.75, 3.05) is 10.3 Å². The quantitative estimate of drug-likeness (QED) is 0.633. The number of aryl methyl sites for hydroxylation is 2. The molecule has 2 amide bonds. The van der Waals surface area contributed by atoms with E-state index in [4.69, 9.17) is 0 Å². The zero-order chi connectivity index (χ0) is 21.3. The van der Waals surface area contributed by atoms with Gasteiger partial charge in [0.1, 0.15) is 18.4 Å². The number of aromatic nitrogens is 3. The van der Waals surface area contributed by atoms with Gasteiger partial charge in [-0.05, 0) is 49.2 Å². The number of carbonyl (C=O) groups excluding carboxylic acids is 2. The zero-order valence-electron chi connectivity index (χ0n) is 16.5. The molecule has 8 nitrogen and oxygen atoms in total. The Kier molecular flexibility index (Phi) is 5.45. The van der Waals surface area contributed by atoms with Crippen molar-refractivity contribution in [2.45, 2.75) is 26.7 Å². The lowest BCUT2D eigenvalue weighted by Gasteiger charge is -2.25. The van der Waals surface area contributed by atoms with Gasteiger partial charge < -0.3 is 5.32 Å². The second-order valence-corrected chi connectivity index (χ2v) is 7.91. The van der Waals surface area contributed by atoms with Gasteiger partial charge in [-0.2, -0.15) is 10.2 Å². The smallest absolute Gasteiger partial charge is 0.271 e. The van der Waals surface area contributed by atoms with E-state index in [0.29, 0.717) is 22.8 Å². The highest BCUT2D eigenvalue weighted by molar-refractivity contribution is 9.10. The lowest BCUT2D eigenvalue weighted by molar-refractivity contribution is -0.118. The van der Waals surface area contributed by atoms with E-state index in [9.17, 15) is 9.59 Å². The Labute approximate surface area is 181 Å². The molecule has 1 N–H and O–H groups in total. The van der Waals surface area contributed by atoms with E-state index >= 15 is 0 Å². The van der Waals surface area contributed by atoms with Crippen molar-refractivity contribution < 1.29 is 9.59 Å². The van der Waals surface area contributed by atoms with Crippen LogP contribution >= 0.6 is 15.9 Å². The van der Waals surface area contributed by atoms with E-state index in [-0.39, 0.29) is 24.7 Å². The van der Waals surface area contributed by atoms with E-state index in [0.717, 1.165) is 15.6 Å². The minimum absolute atomic E-state index is 0.133. The van der Waals surface area contributed by atoms with Gasteiger partial charge in [-0.3, -0.25) is 9.59 Å². The number of benzene rings is 2. The summed E-state index contributed by atoms with van der Waals surface area (Å²) in [6.07, 6.45) is 3.47. The predicted molar refractivity (Wildman–Crippen MR) is 118 cm³/mol.